The van der Waals surface area contributed by atoms with Crippen molar-refractivity contribution in [3.63, 3.8) is 0 Å². The largest absolute Gasteiger partial charge is 0.481 e. The molecule has 2 aromatic rings. The number of carbonyl (C=O) groups excluding carboxylic acids is 1. The molecule has 0 atom stereocenters. The van der Waals surface area contributed by atoms with Crippen LogP contribution < -0.4 is 0 Å². The van der Waals surface area contributed by atoms with Crippen LogP contribution in [0.3, 0.4) is 0 Å². The Kier molecular flexibility index (Phi) is 9.04. The minimum atomic E-state index is -0.981. The quantitative estimate of drug-likeness (QED) is 0.268. The van der Waals surface area contributed by atoms with Gasteiger partial charge in [-0.3, -0.25) is 9.59 Å². The molecule has 3 nitrogen and oxygen atoms in total. The minimum Gasteiger partial charge on any atom is -0.481 e. The van der Waals surface area contributed by atoms with Crippen molar-refractivity contribution in [1.82, 2.24) is 0 Å². The topological polar surface area (TPSA) is 54.4 Å². The highest BCUT2D eigenvalue weighted by Crippen LogP contribution is 2.47. The maximum Gasteiger partial charge on any atom is 0.313 e. The van der Waals surface area contributed by atoms with E-state index in [1.54, 1.807) is 12.1 Å². The molecule has 0 bridgehead atoms. The molecule has 35 heavy (non-hydrogen) atoms. The molecule has 4 heteroatoms. The summed E-state index contributed by atoms with van der Waals surface area (Å²) in [7, 11) is 0. The average Bonchev–Trinajstić information content (AvgIpc) is 2.82. The Bertz CT molecular complexity index is 1080. The highest BCUT2D eigenvalue weighted by atomic mass is 32.2. The van der Waals surface area contributed by atoms with Crippen LogP contribution in [0.2, 0.25) is 0 Å². The second-order valence-corrected chi connectivity index (χ2v) is 12.0. The zero-order valence-electron chi connectivity index (χ0n) is 21.9. The summed E-state index contributed by atoms with van der Waals surface area (Å²) in [6.07, 6.45) is 12.9. The lowest BCUT2D eigenvalue weighted by atomic mass is 9.62. The summed E-state index contributed by atoms with van der Waals surface area (Å²) in [5.74, 6) is -1.20. The van der Waals surface area contributed by atoms with E-state index in [4.69, 9.17) is 5.11 Å². The maximum absolute atomic E-state index is 12.2. The van der Waals surface area contributed by atoms with Gasteiger partial charge in [0.1, 0.15) is 0 Å². The molecule has 188 valence electrons. The molecule has 3 rings (SSSR count). The van der Waals surface area contributed by atoms with Crippen molar-refractivity contribution in [3.05, 3.63) is 69.8 Å². The number of carboxylic acids is 1. The molecule has 1 N–H and O–H groups in total. The third-order valence-electron chi connectivity index (χ3n) is 7.34. The van der Waals surface area contributed by atoms with Crippen molar-refractivity contribution >= 4 is 35.0 Å². The monoisotopic (exact) mass is 492 g/mol. The van der Waals surface area contributed by atoms with E-state index in [9.17, 15) is 9.59 Å². The van der Waals surface area contributed by atoms with Crippen LogP contribution in [0.25, 0.3) is 12.2 Å². The van der Waals surface area contributed by atoms with Crippen LogP contribution in [0.1, 0.15) is 111 Å². The van der Waals surface area contributed by atoms with E-state index in [0.29, 0.717) is 5.56 Å². The molecule has 0 aliphatic heterocycles. The van der Waals surface area contributed by atoms with Crippen molar-refractivity contribution in [2.75, 3.05) is 5.75 Å². The number of aliphatic carboxylic acids is 1. The number of hydrogen-bond donors (Lipinski definition) is 1. The first kappa shape index (κ1) is 27.3. The molecule has 0 saturated heterocycles. The molecule has 1 aliphatic rings. The molecule has 0 aromatic heterocycles. The molecule has 0 spiro atoms. The van der Waals surface area contributed by atoms with Crippen LogP contribution in [-0.4, -0.2) is 21.9 Å². The molecule has 0 heterocycles. The number of carboxylic acid groups (broad SMARTS) is 1. The van der Waals surface area contributed by atoms with E-state index in [1.807, 2.05) is 12.1 Å². The molecule has 0 radical (unpaired) electrons. The van der Waals surface area contributed by atoms with Gasteiger partial charge in [-0.15, -0.1) is 0 Å². The fourth-order valence-corrected chi connectivity index (χ4v) is 5.47. The summed E-state index contributed by atoms with van der Waals surface area (Å²) in [5.41, 5.74) is 7.64. The molecule has 0 saturated carbocycles. The number of rotatable bonds is 10. The first-order valence-electron chi connectivity index (χ1n) is 12.9. The molecular formula is C31H40O3S. The molecule has 0 unspecified atom stereocenters. The average molecular weight is 493 g/mol. The molecule has 0 amide bonds. The fraction of sp³-hybridized carbons (Fsp3) is 0.484. The molecule has 1 aliphatic carbocycles. The number of unbranched alkanes of at least 4 members (excludes halogenated alkanes) is 3. The first-order valence-corrected chi connectivity index (χ1v) is 13.9. The van der Waals surface area contributed by atoms with Crippen LogP contribution >= 0.6 is 11.8 Å². The van der Waals surface area contributed by atoms with E-state index in [1.165, 1.54) is 60.8 Å². The lowest BCUT2D eigenvalue weighted by Crippen LogP contribution is -2.34. The number of aryl methyl sites for hydroxylation is 1. The van der Waals surface area contributed by atoms with Gasteiger partial charge < -0.3 is 5.11 Å². The highest BCUT2D eigenvalue weighted by molar-refractivity contribution is 8.14. The van der Waals surface area contributed by atoms with Crippen molar-refractivity contribution in [2.45, 2.75) is 90.4 Å². The summed E-state index contributed by atoms with van der Waals surface area (Å²) >= 11 is 0.823. The van der Waals surface area contributed by atoms with Crippen molar-refractivity contribution < 1.29 is 14.7 Å². The van der Waals surface area contributed by atoms with E-state index < -0.39 is 5.97 Å². The van der Waals surface area contributed by atoms with Crippen LogP contribution in [0.4, 0.5) is 0 Å². The van der Waals surface area contributed by atoms with Gasteiger partial charge in [-0.25, -0.2) is 0 Å². The third kappa shape index (κ3) is 7.10. The van der Waals surface area contributed by atoms with E-state index in [-0.39, 0.29) is 21.7 Å². The van der Waals surface area contributed by atoms with Gasteiger partial charge in [-0.1, -0.05) is 102 Å². The molecule has 0 fully saturated rings. The highest BCUT2D eigenvalue weighted by Gasteiger charge is 2.37. The minimum absolute atomic E-state index is 0.170. The predicted molar refractivity (Wildman–Crippen MR) is 149 cm³/mol. The number of thioether (sulfide) groups is 1. The van der Waals surface area contributed by atoms with Gasteiger partial charge in [0.05, 0.1) is 5.75 Å². The van der Waals surface area contributed by atoms with Crippen molar-refractivity contribution in [1.29, 1.82) is 0 Å². The first-order chi connectivity index (χ1) is 16.5. The Hall–Kier alpha value is -2.33. The Balaban J connectivity index is 1.89. The smallest absolute Gasteiger partial charge is 0.313 e. The molecule has 2 aromatic carbocycles. The van der Waals surface area contributed by atoms with Crippen LogP contribution in [0.5, 0.6) is 0 Å². The van der Waals surface area contributed by atoms with Gasteiger partial charge in [-0.05, 0) is 76.5 Å². The summed E-state index contributed by atoms with van der Waals surface area (Å²) in [6.45, 7) is 11.8. The van der Waals surface area contributed by atoms with E-state index in [2.05, 4.69) is 58.9 Å². The summed E-state index contributed by atoms with van der Waals surface area (Å²) in [5, 5.41) is 8.58. The summed E-state index contributed by atoms with van der Waals surface area (Å²) in [4.78, 5) is 22.9. The predicted octanol–water partition coefficient (Wildman–Crippen LogP) is 8.29. The zero-order chi connectivity index (χ0) is 25.6. The van der Waals surface area contributed by atoms with Gasteiger partial charge >= 0.3 is 5.97 Å². The number of fused-ring (bicyclic) bond motifs is 1. The SMILES string of the molecule is CCCCCCc1cc2c(cc1C=Cc1ccc(C(=O)SCC(=O)O)cc1)C(C)(C)CCC2(C)C. The standard InChI is InChI=1S/C31H40O3S/c1-6-7-8-9-10-24-19-26-27(31(4,5)18-17-30(26,2)3)20-25(24)16-13-22-11-14-23(15-12-22)29(34)35-21-28(32)33/h11-16,19-20H,6-10,17-18,21H2,1-5H3,(H,32,33). The third-order valence-corrected chi connectivity index (χ3v) is 8.23. The van der Waals surface area contributed by atoms with Gasteiger partial charge in [0.2, 0.25) is 5.12 Å². The second kappa shape index (κ2) is 11.6. The Morgan fingerprint density at radius 2 is 1.54 bits per heavy atom. The molecular weight excluding hydrogens is 452 g/mol. The van der Waals surface area contributed by atoms with Crippen LogP contribution in [0, 0.1) is 0 Å². The van der Waals surface area contributed by atoms with Crippen LogP contribution in [0.15, 0.2) is 36.4 Å². The Labute approximate surface area is 215 Å². The second-order valence-electron chi connectivity index (χ2n) is 11.1. The zero-order valence-corrected chi connectivity index (χ0v) is 22.8. The lowest BCUT2D eigenvalue weighted by molar-refractivity contribution is -0.133. The maximum atomic E-state index is 12.2. The van der Waals surface area contributed by atoms with Crippen molar-refractivity contribution in [2.24, 2.45) is 0 Å². The lowest BCUT2D eigenvalue weighted by Gasteiger charge is -2.42. The Morgan fingerprint density at radius 3 is 2.14 bits per heavy atom. The van der Waals surface area contributed by atoms with Gasteiger partial charge in [0, 0.05) is 5.56 Å². The summed E-state index contributed by atoms with van der Waals surface area (Å²) < 4.78 is 0. The normalized spacial score (nSPS) is 16.3. The number of hydrogen-bond acceptors (Lipinski definition) is 3. The van der Waals surface area contributed by atoms with E-state index in [0.717, 1.165) is 23.7 Å². The Morgan fingerprint density at radius 1 is 0.914 bits per heavy atom. The van der Waals surface area contributed by atoms with Crippen molar-refractivity contribution in [3.8, 4) is 0 Å². The number of carbonyl (C=O) groups is 2. The van der Waals surface area contributed by atoms with Gasteiger partial charge in [0.25, 0.3) is 0 Å². The number of benzene rings is 2. The van der Waals surface area contributed by atoms with Gasteiger partial charge in [0.15, 0.2) is 0 Å². The summed E-state index contributed by atoms with van der Waals surface area (Å²) in [6, 6.07) is 12.3. The van der Waals surface area contributed by atoms with Gasteiger partial charge in [-0.2, -0.15) is 0 Å². The fourth-order valence-electron chi connectivity index (χ4n) is 4.92. The van der Waals surface area contributed by atoms with Crippen LogP contribution in [-0.2, 0) is 22.0 Å². The van der Waals surface area contributed by atoms with E-state index >= 15 is 0 Å².